The Morgan fingerprint density at radius 2 is 1.81 bits per heavy atom. The van der Waals surface area contributed by atoms with E-state index in [4.69, 9.17) is 11.6 Å². The average Bonchev–Trinajstić information content (AvgIpc) is 3.23. The van der Waals surface area contributed by atoms with Gasteiger partial charge < -0.3 is 15.1 Å². The van der Waals surface area contributed by atoms with Crippen LogP contribution in [0.5, 0.6) is 0 Å². The molecule has 0 bridgehead atoms. The number of carbonyl (C=O) groups excluding carboxylic acids is 1. The van der Waals surface area contributed by atoms with Gasteiger partial charge in [0, 0.05) is 48.0 Å². The third kappa shape index (κ3) is 4.17. The molecule has 2 aromatic carbocycles. The Labute approximate surface area is 191 Å². The number of nitrogens with zero attached hydrogens (tertiary/aromatic N) is 5. The van der Waals surface area contributed by atoms with Crippen molar-refractivity contribution in [2.75, 3.05) is 38.5 Å². The number of benzene rings is 2. The summed E-state index contributed by atoms with van der Waals surface area (Å²) in [5, 5.41) is 8.57. The van der Waals surface area contributed by atoms with Crippen molar-refractivity contribution < 1.29 is 4.79 Å². The fraction of sp³-hybridized carbons (Fsp3) is 0.208. The summed E-state index contributed by atoms with van der Waals surface area (Å²) in [4.78, 5) is 21.5. The molecular formula is C24H23ClN6O. The van der Waals surface area contributed by atoms with Crippen molar-refractivity contribution in [1.82, 2.24) is 24.4 Å². The first-order chi connectivity index (χ1) is 15.6. The number of nitrogens with one attached hydrogen (secondary N) is 1. The smallest absolute Gasteiger partial charge is 0.254 e. The van der Waals surface area contributed by atoms with E-state index in [1.807, 2.05) is 70.1 Å². The Kier molecular flexibility index (Phi) is 5.51. The molecule has 5 rings (SSSR count). The van der Waals surface area contributed by atoms with Crippen molar-refractivity contribution in [1.29, 1.82) is 0 Å². The van der Waals surface area contributed by atoms with E-state index in [2.05, 4.69) is 27.3 Å². The molecule has 1 amide bonds. The number of aromatic nitrogens is 3. The fourth-order valence-corrected chi connectivity index (χ4v) is 4.07. The highest BCUT2D eigenvalue weighted by atomic mass is 35.5. The van der Waals surface area contributed by atoms with Crippen LogP contribution in [0.4, 0.5) is 11.6 Å². The maximum absolute atomic E-state index is 12.9. The summed E-state index contributed by atoms with van der Waals surface area (Å²) in [6.07, 6.45) is 1.77. The second-order valence-electron chi connectivity index (χ2n) is 7.95. The number of likely N-dealkylation sites (N-methyl/N-ethyl adjacent to an activating group) is 1. The first kappa shape index (κ1) is 20.5. The topological polar surface area (TPSA) is 65.8 Å². The molecule has 1 saturated heterocycles. The van der Waals surface area contributed by atoms with Crippen LogP contribution in [-0.4, -0.2) is 63.5 Å². The van der Waals surface area contributed by atoms with Gasteiger partial charge in [-0.25, -0.2) is 9.50 Å². The van der Waals surface area contributed by atoms with Gasteiger partial charge in [-0.15, -0.1) is 5.10 Å². The van der Waals surface area contributed by atoms with Crippen molar-refractivity contribution in [3.63, 3.8) is 0 Å². The van der Waals surface area contributed by atoms with Crippen molar-refractivity contribution in [2.45, 2.75) is 0 Å². The summed E-state index contributed by atoms with van der Waals surface area (Å²) in [6.45, 7) is 3.27. The zero-order valence-corrected chi connectivity index (χ0v) is 18.5. The highest BCUT2D eigenvalue weighted by molar-refractivity contribution is 6.30. The summed E-state index contributed by atoms with van der Waals surface area (Å²) < 4.78 is 1.83. The molecule has 0 unspecified atom stereocenters. The van der Waals surface area contributed by atoms with Crippen molar-refractivity contribution in [3.05, 3.63) is 77.4 Å². The molecule has 0 saturated carbocycles. The number of fused-ring (bicyclic) bond motifs is 1. The molecule has 2 aromatic heterocycles. The number of halogens is 1. The van der Waals surface area contributed by atoms with Gasteiger partial charge in [-0.2, -0.15) is 0 Å². The van der Waals surface area contributed by atoms with Gasteiger partial charge in [-0.3, -0.25) is 4.79 Å². The molecule has 0 spiro atoms. The largest absolute Gasteiger partial charge is 0.336 e. The maximum Gasteiger partial charge on any atom is 0.254 e. The molecule has 3 heterocycles. The lowest BCUT2D eigenvalue weighted by Gasteiger charge is -2.32. The van der Waals surface area contributed by atoms with E-state index in [0.717, 1.165) is 48.6 Å². The molecule has 1 aliphatic rings. The van der Waals surface area contributed by atoms with Gasteiger partial charge in [0.25, 0.3) is 5.91 Å². The second-order valence-corrected chi connectivity index (χ2v) is 8.39. The Morgan fingerprint density at radius 3 is 2.62 bits per heavy atom. The first-order valence-electron chi connectivity index (χ1n) is 10.5. The molecular weight excluding hydrogens is 424 g/mol. The van der Waals surface area contributed by atoms with Gasteiger partial charge in [0.15, 0.2) is 0 Å². The van der Waals surface area contributed by atoms with Gasteiger partial charge in [-0.05, 0) is 49.5 Å². The van der Waals surface area contributed by atoms with E-state index >= 15 is 0 Å². The predicted molar refractivity (Wildman–Crippen MR) is 127 cm³/mol. The SMILES string of the molecule is CN1CCN(C(=O)c2cccc(Nc3ncc4ccc(-c5cccc(Cl)c5)n4n3)c2)CC1. The Balaban J connectivity index is 1.39. The van der Waals surface area contributed by atoms with Crippen LogP contribution >= 0.6 is 11.6 Å². The van der Waals surface area contributed by atoms with Crippen LogP contribution in [0.2, 0.25) is 5.02 Å². The maximum atomic E-state index is 12.9. The number of hydrogen-bond donors (Lipinski definition) is 1. The van der Waals surface area contributed by atoms with Gasteiger partial charge in [0.1, 0.15) is 0 Å². The molecule has 0 radical (unpaired) electrons. The quantitative estimate of drug-likeness (QED) is 0.509. The van der Waals surface area contributed by atoms with Gasteiger partial charge in [0.05, 0.1) is 17.4 Å². The van der Waals surface area contributed by atoms with Crippen LogP contribution in [-0.2, 0) is 0 Å². The van der Waals surface area contributed by atoms with Gasteiger partial charge in [0.2, 0.25) is 5.95 Å². The molecule has 32 heavy (non-hydrogen) atoms. The molecule has 1 N–H and O–H groups in total. The number of piperazine rings is 1. The summed E-state index contributed by atoms with van der Waals surface area (Å²) in [7, 11) is 2.08. The minimum absolute atomic E-state index is 0.0479. The minimum Gasteiger partial charge on any atom is -0.336 e. The van der Waals surface area contributed by atoms with E-state index < -0.39 is 0 Å². The monoisotopic (exact) mass is 446 g/mol. The summed E-state index contributed by atoms with van der Waals surface area (Å²) in [5.74, 6) is 0.493. The van der Waals surface area contributed by atoms with Crippen LogP contribution in [0.15, 0.2) is 66.9 Å². The molecule has 8 heteroatoms. The summed E-state index contributed by atoms with van der Waals surface area (Å²) in [5.41, 5.74) is 4.19. The highest BCUT2D eigenvalue weighted by Crippen LogP contribution is 2.25. The standard InChI is InChI=1S/C24H23ClN6O/c1-29-10-12-30(13-11-29)23(32)18-5-3-7-20(15-18)27-24-26-16-21-8-9-22(31(21)28-24)17-4-2-6-19(25)14-17/h2-9,14-16H,10-13H2,1H3,(H,27,28). The first-order valence-corrected chi connectivity index (χ1v) is 10.9. The molecule has 0 aliphatic carbocycles. The molecule has 7 nitrogen and oxygen atoms in total. The second kappa shape index (κ2) is 8.61. The number of hydrogen-bond acceptors (Lipinski definition) is 5. The lowest BCUT2D eigenvalue weighted by Crippen LogP contribution is -2.47. The minimum atomic E-state index is 0.0479. The van der Waals surface area contributed by atoms with Crippen LogP contribution < -0.4 is 5.32 Å². The molecule has 1 aliphatic heterocycles. The van der Waals surface area contributed by atoms with Crippen molar-refractivity contribution >= 4 is 34.7 Å². The average molecular weight is 447 g/mol. The number of amides is 1. The number of carbonyl (C=O) groups is 1. The molecule has 0 atom stereocenters. The zero-order chi connectivity index (χ0) is 22.1. The highest BCUT2D eigenvalue weighted by Gasteiger charge is 2.20. The normalized spacial score (nSPS) is 14.6. The zero-order valence-electron chi connectivity index (χ0n) is 17.7. The van der Waals surface area contributed by atoms with Crippen LogP contribution in [0.3, 0.4) is 0 Å². The third-order valence-corrected chi connectivity index (χ3v) is 5.91. The van der Waals surface area contributed by atoms with E-state index in [-0.39, 0.29) is 5.91 Å². The van der Waals surface area contributed by atoms with E-state index in [1.54, 1.807) is 6.20 Å². The summed E-state index contributed by atoms with van der Waals surface area (Å²) >= 11 is 6.17. The van der Waals surface area contributed by atoms with Crippen LogP contribution in [0.1, 0.15) is 10.4 Å². The number of rotatable bonds is 4. The molecule has 1 fully saturated rings. The van der Waals surface area contributed by atoms with Gasteiger partial charge in [-0.1, -0.05) is 29.8 Å². The van der Waals surface area contributed by atoms with Crippen LogP contribution in [0, 0.1) is 0 Å². The van der Waals surface area contributed by atoms with Crippen LogP contribution in [0.25, 0.3) is 16.8 Å². The van der Waals surface area contributed by atoms with E-state index in [1.165, 1.54) is 0 Å². The predicted octanol–water partition coefficient (Wildman–Crippen LogP) is 4.18. The van der Waals surface area contributed by atoms with Crippen molar-refractivity contribution in [3.8, 4) is 11.3 Å². The van der Waals surface area contributed by atoms with Gasteiger partial charge >= 0.3 is 0 Å². The third-order valence-electron chi connectivity index (χ3n) is 5.68. The lowest BCUT2D eigenvalue weighted by molar-refractivity contribution is 0.0664. The lowest BCUT2D eigenvalue weighted by atomic mass is 10.1. The van der Waals surface area contributed by atoms with E-state index in [9.17, 15) is 4.79 Å². The fourth-order valence-electron chi connectivity index (χ4n) is 3.88. The molecule has 162 valence electrons. The van der Waals surface area contributed by atoms with Crippen molar-refractivity contribution in [2.24, 2.45) is 0 Å². The molecule has 4 aromatic rings. The Hall–Kier alpha value is -3.42. The van der Waals surface area contributed by atoms with E-state index in [0.29, 0.717) is 16.5 Å². The Bertz CT molecular complexity index is 1280. The Morgan fingerprint density at radius 1 is 1.00 bits per heavy atom. The number of anilines is 2. The summed E-state index contributed by atoms with van der Waals surface area (Å²) in [6, 6.07) is 19.1.